The molecule has 8 nitrogen and oxygen atoms in total. The molecule has 0 radical (unpaired) electrons. The summed E-state index contributed by atoms with van der Waals surface area (Å²) in [5, 5.41) is 3.06. The molecule has 0 bridgehead atoms. The van der Waals surface area contributed by atoms with Gasteiger partial charge in [-0.15, -0.1) is 0 Å². The van der Waals surface area contributed by atoms with Gasteiger partial charge < -0.3 is 29.3 Å². The van der Waals surface area contributed by atoms with Crippen LogP contribution in [0.5, 0.6) is 17.2 Å². The van der Waals surface area contributed by atoms with Crippen LogP contribution in [-0.4, -0.2) is 75.2 Å². The van der Waals surface area contributed by atoms with Gasteiger partial charge in [-0.3, -0.25) is 9.59 Å². The maximum atomic E-state index is 13.2. The van der Waals surface area contributed by atoms with Gasteiger partial charge in [0.15, 0.2) is 11.5 Å². The summed E-state index contributed by atoms with van der Waals surface area (Å²) >= 11 is 0. The Morgan fingerprint density at radius 3 is 1.94 bits per heavy atom. The molecular weight excluding hydrogens is 458 g/mol. The molecule has 0 saturated carbocycles. The Bertz CT molecular complexity index is 1030. The fourth-order valence-corrected chi connectivity index (χ4v) is 5.23. The molecule has 194 valence electrons. The number of benzene rings is 2. The summed E-state index contributed by atoms with van der Waals surface area (Å²) in [6.07, 6.45) is 3.58. The number of amides is 2. The van der Waals surface area contributed by atoms with Crippen molar-refractivity contribution in [1.29, 1.82) is 0 Å². The molecule has 2 saturated heterocycles. The zero-order valence-electron chi connectivity index (χ0n) is 21.7. The van der Waals surface area contributed by atoms with Crippen molar-refractivity contribution in [3.05, 3.63) is 47.5 Å². The second-order valence-electron chi connectivity index (χ2n) is 9.60. The minimum absolute atomic E-state index is 0.0285. The molecule has 36 heavy (non-hydrogen) atoms. The fraction of sp³-hybridized carbons (Fsp3) is 0.500. The van der Waals surface area contributed by atoms with Gasteiger partial charge in [0.2, 0.25) is 11.7 Å². The van der Waals surface area contributed by atoms with E-state index in [0.717, 1.165) is 44.5 Å². The lowest BCUT2D eigenvalue weighted by atomic mass is 9.92. The minimum Gasteiger partial charge on any atom is -0.493 e. The largest absolute Gasteiger partial charge is 0.493 e. The Labute approximate surface area is 213 Å². The lowest BCUT2D eigenvalue weighted by Crippen LogP contribution is -2.49. The number of anilines is 1. The van der Waals surface area contributed by atoms with E-state index in [-0.39, 0.29) is 17.7 Å². The lowest BCUT2D eigenvalue weighted by molar-refractivity contribution is -0.121. The number of hydrogen-bond acceptors (Lipinski definition) is 6. The van der Waals surface area contributed by atoms with Crippen molar-refractivity contribution >= 4 is 17.5 Å². The highest BCUT2D eigenvalue weighted by Crippen LogP contribution is 2.38. The first-order valence-electron chi connectivity index (χ1n) is 12.6. The molecule has 8 heteroatoms. The number of nitrogens with zero attached hydrogens (tertiary/aromatic N) is 2. The van der Waals surface area contributed by atoms with E-state index in [1.54, 1.807) is 33.5 Å². The van der Waals surface area contributed by atoms with E-state index in [0.29, 0.717) is 41.9 Å². The standard InChI is InChI=1S/C28H37N3O5/c1-19-5-7-22(8-6-19)29-27(32)20-9-13-30(14-10-20)23-11-15-31(16-12-23)28(33)21-17-24(34-2)26(36-4)25(18-21)35-3/h5-8,17-18,20,23H,9-16H2,1-4H3,(H,29,32). The molecule has 1 N–H and O–H groups in total. The van der Waals surface area contributed by atoms with Gasteiger partial charge in [0, 0.05) is 36.3 Å². The predicted molar refractivity (Wildman–Crippen MR) is 139 cm³/mol. The van der Waals surface area contributed by atoms with Gasteiger partial charge in [0.05, 0.1) is 21.3 Å². The molecule has 0 atom stereocenters. The first kappa shape index (κ1) is 25.8. The Morgan fingerprint density at radius 1 is 0.833 bits per heavy atom. The summed E-state index contributed by atoms with van der Waals surface area (Å²) in [6, 6.07) is 11.8. The molecule has 2 aliphatic rings. The van der Waals surface area contributed by atoms with Crippen LogP contribution in [0.2, 0.25) is 0 Å². The summed E-state index contributed by atoms with van der Waals surface area (Å²) in [7, 11) is 4.64. The van der Waals surface area contributed by atoms with Gasteiger partial charge in [-0.25, -0.2) is 0 Å². The minimum atomic E-state index is -0.0285. The molecule has 0 aliphatic carbocycles. The number of likely N-dealkylation sites (tertiary alicyclic amines) is 2. The zero-order chi connectivity index (χ0) is 25.7. The monoisotopic (exact) mass is 495 g/mol. The molecule has 2 aliphatic heterocycles. The van der Waals surface area contributed by atoms with Gasteiger partial charge >= 0.3 is 0 Å². The summed E-state index contributed by atoms with van der Waals surface area (Å²) < 4.78 is 16.2. The zero-order valence-corrected chi connectivity index (χ0v) is 21.7. The van der Waals surface area contributed by atoms with Crippen LogP contribution in [0.15, 0.2) is 36.4 Å². The lowest BCUT2D eigenvalue weighted by Gasteiger charge is -2.41. The van der Waals surface area contributed by atoms with Crippen LogP contribution < -0.4 is 19.5 Å². The second kappa shape index (κ2) is 11.6. The molecule has 4 rings (SSSR count). The average molecular weight is 496 g/mol. The highest BCUT2D eigenvalue weighted by Gasteiger charge is 2.32. The van der Waals surface area contributed by atoms with Crippen LogP contribution >= 0.6 is 0 Å². The summed E-state index contributed by atoms with van der Waals surface area (Å²) in [5.74, 6) is 1.56. The molecule has 2 aromatic carbocycles. The third-order valence-electron chi connectivity index (χ3n) is 7.40. The van der Waals surface area contributed by atoms with Crippen LogP contribution in [0, 0.1) is 12.8 Å². The number of nitrogens with one attached hydrogen (secondary N) is 1. The van der Waals surface area contributed by atoms with E-state index in [1.165, 1.54) is 5.56 Å². The van der Waals surface area contributed by atoms with Crippen molar-refractivity contribution in [1.82, 2.24) is 9.80 Å². The number of carbonyl (C=O) groups excluding carboxylic acids is 2. The van der Waals surface area contributed by atoms with Crippen molar-refractivity contribution in [3.63, 3.8) is 0 Å². The van der Waals surface area contributed by atoms with Crippen LogP contribution in [0.25, 0.3) is 0 Å². The Balaban J connectivity index is 1.28. The number of methoxy groups -OCH3 is 3. The Hall–Kier alpha value is -3.26. The SMILES string of the molecule is COc1cc(C(=O)N2CCC(N3CCC(C(=O)Nc4ccc(C)cc4)CC3)CC2)cc(OC)c1OC. The van der Waals surface area contributed by atoms with E-state index in [4.69, 9.17) is 14.2 Å². The Morgan fingerprint density at radius 2 is 1.42 bits per heavy atom. The summed E-state index contributed by atoms with van der Waals surface area (Å²) in [4.78, 5) is 30.3. The fourth-order valence-electron chi connectivity index (χ4n) is 5.23. The Kier molecular flexibility index (Phi) is 8.36. The predicted octanol–water partition coefficient (Wildman–Crippen LogP) is 3.98. The number of ether oxygens (including phenoxy) is 3. The van der Waals surface area contributed by atoms with Crippen molar-refractivity contribution in [2.45, 2.75) is 38.6 Å². The second-order valence-corrected chi connectivity index (χ2v) is 9.60. The number of rotatable bonds is 7. The molecule has 2 aromatic rings. The molecule has 2 heterocycles. The van der Waals surface area contributed by atoms with E-state index >= 15 is 0 Å². The molecule has 0 spiro atoms. The maximum absolute atomic E-state index is 13.2. The maximum Gasteiger partial charge on any atom is 0.254 e. The normalized spacial score (nSPS) is 17.5. The van der Waals surface area contributed by atoms with Crippen molar-refractivity contribution in [3.8, 4) is 17.2 Å². The van der Waals surface area contributed by atoms with Crippen LogP contribution in [0.4, 0.5) is 5.69 Å². The topological polar surface area (TPSA) is 80.3 Å². The highest BCUT2D eigenvalue weighted by molar-refractivity contribution is 5.96. The first-order valence-corrected chi connectivity index (χ1v) is 12.6. The number of carbonyl (C=O) groups is 2. The van der Waals surface area contributed by atoms with Crippen LogP contribution in [-0.2, 0) is 4.79 Å². The van der Waals surface area contributed by atoms with E-state index in [2.05, 4.69) is 10.2 Å². The first-order chi connectivity index (χ1) is 17.4. The van der Waals surface area contributed by atoms with Crippen LogP contribution in [0.3, 0.4) is 0 Å². The highest BCUT2D eigenvalue weighted by atomic mass is 16.5. The molecule has 0 aromatic heterocycles. The average Bonchev–Trinajstić information content (AvgIpc) is 2.93. The van der Waals surface area contributed by atoms with Gasteiger partial charge in [-0.05, 0) is 70.0 Å². The number of hydrogen-bond donors (Lipinski definition) is 1. The van der Waals surface area contributed by atoms with E-state index in [1.807, 2.05) is 36.1 Å². The quantitative estimate of drug-likeness (QED) is 0.626. The molecule has 0 unspecified atom stereocenters. The van der Waals surface area contributed by atoms with Crippen molar-refractivity contribution in [2.24, 2.45) is 5.92 Å². The molecule has 2 fully saturated rings. The van der Waals surface area contributed by atoms with Crippen LogP contribution in [0.1, 0.15) is 41.6 Å². The number of aryl methyl sites for hydroxylation is 1. The van der Waals surface area contributed by atoms with Gasteiger partial charge in [0.1, 0.15) is 0 Å². The summed E-state index contributed by atoms with van der Waals surface area (Å²) in [5.41, 5.74) is 2.57. The van der Waals surface area contributed by atoms with Gasteiger partial charge in [-0.1, -0.05) is 17.7 Å². The van der Waals surface area contributed by atoms with Crippen molar-refractivity contribution < 1.29 is 23.8 Å². The van der Waals surface area contributed by atoms with Crippen molar-refractivity contribution in [2.75, 3.05) is 52.8 Å². The molecule has 2 amide bonds. The van der Waals surface area contributed by atoms with Gasteiger partial charge in [0.25, 0.3) is 5.91 Å². The molecular formula is C28H37N3O5. The van der Waals surface area contributed by atoms with Gasteiger partial charge in [-0.2, -0.15) is 0 Å². The third-order valence-corrected chi connectivity index (χ3v) is 7.40. The summed E-state index contributed by atoms with van der Waals surface area (Å²) in [6.45, 7) is 5.27. The number of piperidine rings is 2. The smallest absolute Gasteiger partial charge is 0.254 e. The third kappa shape index (κ3) is 5.75. The van der Waals surface area contributed by atoms with E-state index < -0.39 is 0 Å². The van der Waals surface area contributed by atoms with E-state index in [9.17, 15) is 9.59 Å².